The van der Waals surface area contributed by atoms with Gasteiger partial charge in [-0.2, -0.15) is 5.10 Å². The average Bonchev–Trinajstić information content (AvgIpc) is 2.81. The molecule has 2 aromatic rings. The maximum absolute atomic E-state index is 10.4. The summed E-state index contributed by atoms with van der Waals surface area (Å²) in [5.74, 6) is 0.830. The molecule has 0 aromatic carbocycles. The van der Waals surface area contributed by atoms with Crippen molar-refractivity contribution in [3.8, 4) is 0 Å². The second-order valence-electron chi connectivity index (χ2n) is 5.75. The Morgan fingerprint density at radius 2 is 2.14 bits per heavy atom. The van der Waals surface area contributed by atoms with E-state index in [1.54, 1.807) is 6.33 Å². The van der Waals surface area contributed by atoms with Crippen LogP contribution in [0.1, 0.15) is 51.5 Å². The first-order valence-corrected chi connectivity index (χ1v) is 7.91. The summed E-state index contributed by atoms with van der Waals surface area (Å²) in [6.07, 6.45) is 9.30. The summed E-state index contributed by atoms with van der Waals surface area (Å²) in [4.78, 5) is 8.69. The van der Waals surface area contributed by atoms with Gasteiger partial charge in [0.25, 0.3) is 0 Å². The van der Waals surface area contributed by atoms with Crippen molar-refractivity contribution in [2.24, 2.45) is 0 Å². The van der Waals surface area contributed by atoms with E-state index in [-0.39, 0.29) is 12.1 Å². The van der Waals surface area contributed by atoms with Gasteiger partial charge in [0, 0.05) is 6.54 Å². The third-order valence-corrected chi connectivity index (χ3v) is 4.19. The third-order valence-electron chi connectivity index (χ3n) is 4.19. The Morgan fingerprint density at radius 1 is 1.29 bits per heavy atom. The van der Waals surface area contributed by atoms with Gasteiger partial charge in [0.1, 0.15) is 12.1 Å². The Balaban J connectivity index is 1.95. The molecule has 6 nitrogen and oxygen atoms in total. The van der Waals surface area contributed by atoms with Gasteiger partial charge in [-0.1, -0.05) is 26.2 Å². The number of aromatic nitrogens is 4. The lowest BCUT2D eigenvalue weighted by molar-refractivity contribution is 0.101. The van der Waals surface area contributed by atoms with Crippen LogP contribution in [0.5, 0.6) is 0 Å². The lowest BCUT2D eigenvalue weighted by atomic mass is 10.1. The number of nitrogens with one attached hydrogen (secondary N) is 1. The van der Waals surface area contributed by atoms with E-state index in [1.165, 1.54) is 6.42 Å². The van der Waals surface area contributed by atoms with Crippen LogP contribution in [-0.2, 0) is 0 Å². The van der Waals surface area contributed by atoms with Crippen LogP contribution in [0.15, 0.2) is 12.5 Å². The smallest absolute Gasteiger partial charge is 0.163 e. The first-order chi connectivity index (χ1) is 10.3. The van der Waals surface area contributed by atoms with Crippen LogP contribution in [0, 0.1) is 0 Å². The second kappa shape index (κ2) is 6.39. The number of anilines is 1. The maximum atomic E-state index is 10.4. The molecule has 2 aromatic heterocycles. The van der Waals surface area contributed by atoms with Crippen molar-refractivity contribution in [2.75, 3.05) is 11.9 Å². The molecule has 0 saturated heterocycles. The van der Waals surface area contributed by atoms with Crippen LogP contribution in [0.25, 0.3) is 11.0 Å². The Morgan fingerprint density at radius 3 is 3.00 bits per heavy atom. The number of fused-ring (bicyclic) bond motifs is 1. The highest BCUT2D eigenvalue weighted by Crippen LogP contribution is 2.30. The van der Waals surface area contributed by atoms with E-state index in [0.29, 0.717) is 0 Å². The van der Waals surface area contributed by atoms with Crippen LogP contribution in [0.3, 0.4) is 0 Å². The van der Waals surface area contributed by atoms with Crippen LogP contribution in [0.4, 0.5) is 5.82 Å². The zero-order chi connectivity index (χ0) is 14.7. The fraction of sp³-hybridized carbons (Fsp3) is 0.667. The summed E-state index contributed by atoms with van der Waals surface area (Å²) >= 11 is 0. The molecule has 1 aliphatic rings. The van der Waals surface area contributed by atoms with Gasteiger partial charge in [0.15, 0.2) is 5.65 Å². The van der Waals surface area contributed by atoms with Gasteiger partial charge in [0.2, 0.25) is 0 Å². The molecule has 2 heterocycles. The number of aliphatic hydroxyl groups is 1. The molecular formula is C15H23N5O. The Hall–Kier alpha value is -1.69. The van der Waals surface area contributed by atoms with E-state index in [0.717, 1.165) is 55.5 Å². The van der Waals surface area contributed by atoms with Gasteiger partial charge in [-0.15, -0.1) is 0 Å². The van der Waals surface area contributed by atoms with Crippen molar-refractivity contribution < 1.29 is 5.11 Å². The predicted molar refractivity (Wildman–Crippen MR) is 82.2 cm³/mol. The third kappa shape index (κ3) is 2.85. The molecule has 0 radical (unpaired) electrons. The number of hydrogen-bond acceptors (Lipinski definition) is 5. The Bertz CT molecular complexity index is 597. The van der Waals surface area contributed by atoms with Crippen molar-refractivity contribution in [2.45, 2.75) is 57.6 Å². The zero-order valence-corrected chi connectivity index (χ0v) is 12.5. The quantitative estimate of drug-likeness (QED) is 0.846. The van der Waals surface area contributed by atoms with E-state index < -0.39 is 0 Å². The average molecular weight is 289 g/mol. The highest BCUT2D eigenvalue weighted by molar-refractivity contribution is 5.86. The predicted octanol–water partition coefficient (Wildman–Crippen LogP) is 2.51. The maximum Gasteiger partial charge on any atom is 0.163 e. The largest absolute Gasteiger partial charge is 0.391 e. The molecule has 1 fully saturated rings. The van der Waals surface area contributed by atoms with Crippen LogP contribution in [-0.4, -0.2) is 37.5 Å². The van der Waals surface area contributed by atoms with Gasteiger partial charge in [-0.25, -0.2) is 14.6 Å². The van der Waals surface area contributed by atoms with Crippen LogP contribution in [0.2, 0.25) is 0 Å². The SMILES string of the molecule is CCCNc1ncnc2c1cnn2C1CCCCCC1O. The fourth-order valence-corrected chi connectivity index (χ4v) is 3.04. The van der Waals surface area contributed by atoms with Gasteiger partial charge in [0.05, 0.1) is 23.7 Å². The lowest BCUT2D eigenvalue weighted by Gasteiger charge is -2.21. The summed E-state index contributed by atoms with van der Waals surface area (Å²) in [6.45, 7) is 3.00. The van der Waals surface area contributed by atoms with Crippen molar-refractivity contribution in [1.29, 1.82) is 0 Å². The molecule has 0 bridgehead atoms. The standard InChI is InChI=1S/C15H23N5O/c1-2-8-16-14-11-9-19-20(15(11)18-10-17-14)12-6-4-3-5-7-13(12)21/h9-10,12-13,21H,2-8H2,1H3,(H,16,17,18). The molecule has 114 valence electrons. The highest BCUT2D eigenvalue weighted by Gasteiger charge is 2.26. The van der Waals surface area contributed by atoms with Crippen molar-refractivity contribution >= 4 is 16.9 Å². The number of rotatable bonds is 4. The Labute approximate surface area is 124 Å². The summed E-state index contributed by atoms with van der Waals surface area (Å²) in [5, 5.41) is 19.1. The Kier molecular flexibility index (Phi) is 4.34. The normalized spacial score (nSPS) is 23.1. The van der Waals surface area contributed by atoms with E-state index >= 15 is 0 Å². The molecule has 1 saturated carbocycles. The van der Waals surface area contributed by atoms with E-state index in [9.17, 15) is 5.11 Å². The summed E-state index contributed by atoms with van der Waals surface area (Å²) < 4.78 is 1.89. The van der Waals surface area contributed by atoms with E-state index in [2.05, 4.69) is 27.3 Å². The number of hydrogen-bond donors (Lipinski definition) is 2. The minimum atomic E-state index is -0.336. The highest BCUT2D eigenvalue weighted by atomic mass is 16.3. The van der Waals surface area contributed by atoms with Gasteiger partial charge < -0.3 is 10.4 Å². The molecule has 2 unspecified atom stereocenters. The van der Waals surface area contributed by atoms with Crippen molar-refractivity contribution in [3.63, 3.8) is 0 Å². The minimum Gasteiger partial charge on any atom is -0.391 e. The number of nitrogens with zero attached hydrogens (tertiary/aromatic N) is 4. The molecular weight excluding hydrogens is 266 g/mol. The first-order valence-electron chi connectivity index (χ1n) is 7.91. The number of aliphatic hydroxyl groups excluding tert-OH is 1. The molecule has 0 aliphatic heterocycles. The molecule has 1 aliphatic carbocycles. The minimum absolute atomic E-state index is 0.0268. The van der Waals surface area contributed by atoms with Crippen molar-refractivity contribution in [3.05, 3.63) is 12.5 Å². The van der Waals surface area contributed by atoms with Gasteiger partial charge >= 0.3 is 0 Å². The molecule has 21 heavy (non-hydrogen) atoms. The molecule has 2 N–H and O–H groups in total. The molecule has 0 amide bonds. The molecule has 0 spiro atoms. The van der Waals surface area contributed by atoms with Gasteiger partial charge in [-0.3, -0.25) is 0 Å². The van der Waals surface area contributed by atoms with E-state index in [4.69, 9.17) is 0 Å². The van der Waals surface area contributed by atoms with Crippen LogP contribution >= 0.6 is 0 Å². The second-order valence-corrected chi connectivity index (χ2v) is 5.75. The van der Waals surface area contributed by atoms with Crippen molar-refractivity contribution in [1.82, 2.24) is 19.7 Å². The first kappa shape index (κ1) is 14.3. The van der Waals surface area contributed by atoms with E-state index in [1.807, 2.05) is 10.9 Å². The topological polar surface area (TPSA) is 75.9 Å². The fourth-order valence-electron chi connectivity index (χ4n) is 3.04. The molecule has 6 heteroatoms. The van der Waals surface area contributed by atoms with Crippen LogP contribution < -0.4 is 5.32 Å². The van der Waals surface area contributed by atoms with Gasteiger partial charge in [-0.05, 0) is 19.3 Å². The summed E-state index contributed by atoms with van der Waals surface area (Å²) in [5.41, 5.74) is 0.814. The lowest BCUT2D eigenvalue weighted by Crippen LogP contribution is -2.24. The molecule has 3 rings (SSSR count). The zero-order valence-electron chi connectivity index (χ0n) is 12.5. The monoisotopic (exact) mass is 289 g/mol. The summed E-state index contributed by atoms with van der Waals surface area (Å²) in [6, 6.07) is 0.0268. The summed E-state index contributed by atoms with van der Waals surface area (Å²) in [7, 11) is 0. The molecule has 2 atom stereocenters.